The SMILES string of the molecule is CCOc1ccc(N(CC(=O)N[C@@H](C)c2cc(OC)ccc2OC)S(=O)(=O)c2ccc(F)cc2)cc1. The van der Waals surface area contributed by atoms with Crippen LogP contribution in [0.2, 0.25) is 0 Å². The van der Waals surface area contributed by atoms with Crippen LogP contribution in [0.1, 0.15) is 25.5 Å². The molecule has 1 atom stereocenters. The zero-order chi connectivity index (χ0) is 26.3. The summed E-state index contributed by atoms with van der Waals surface area (Å²) in [6.45, 7) is 3.53. The number of nitrogens with zero attached hydrogens (tertiary/aromatic N) is 1. The Morgan fingerprint density at radius 3 is 2.19 bits per heavy atom. The summed E-state index contributed by atoms with van der Waals surface area (Å²) in [6.07, 6.45) is 0. The van der Waals surface area contributed by atoms with E-state index in [1.807, 2.05) is 6.92 Å². The van der Waals surface area contributed by atoms with Gasteiger partial charge in [0.25, 0.3) is 10.0 Å². The molecule has 192 valence electrons. The quantitative estimate of drug-likeness (QED) is 0.408. The van der Waals surface area contributed by atoms with Crippen LogP contribution in [0, 0.1) is 5.82 Å². The molecule has 0 radical (unpaired) electrons. The molecule has 1 N–H and O–H groups in total. The van der Waals surface area contributed by atoms with Crippen molar-refractivity contribution in [2.75, 3.05) is 31.7 Å². The lowest BCUT2D eigenvalue weighted by molar-refractivity contribution is -0.120. The van der Waals surface area contributed by atoms with E-state index in [1.54, 1.807) is 49.4 Å². The van der Waals surface area contributed by atoms with Crippen LogP contribution in [-0.4, -0.2) is 41.7 Å². The van der Waals surface area contributed by atoms with E-state index >= 15 is 0 Å². The molecule has 0 fully saturated rings. The van der Waals surface area contributed by atoms with Crippen LogP contribution in [-0.2, 0) is 14.8 Å². The Balaban J connectivity index is 1.91. The fourth-order valence-corrected chi connectivity index (χ4v) is 5.02. The Morgan fingerprint density at radius 1 is 0.972 bits per heavy atom. The number of methoxy groups -OCH3 is 2. The molecule has 0 saturated carbocycles. The van der Waals surface area contributed by atoms with Gasteiger partial charge in [0.15, 0.2) is 0 Å². The summed E-state index contributed by atoms with van der Waals surface area (Å²) in [6, 6.07) is 15.5. The highest BCUT2D eigenvalue weighted by Crippen LogP contribution is 2.30. The molecule has 0 saturated heterocycles. The summed E-state index contributed by atoms with van der Waals surface area (Å²) in [4.78, 5) is 12.9. The summed E-state index contributed by atoms with van der Waals surface area (Å²) < 4.78 is 57.5. The lowest BCUT2D eigenvalue weighted by atomic mass is 10.1. The van der Waals surface area contributed by atoms with Crippen molar-refractivity contribution < 1.29 is 31.8 Å². The molecular formula is C26H29FN2O6S. The Bertz CT molecular complexity index is 1280. The second-order valence-electron chi connectivity index (χ2n) is 7.79. The number of hydrogen-bond donors (Lipinski definition) is 1. The van der Waals surface area contributed by atoms with E-state index in [0.29, 0.717) is 29.4 Å². The molecule has 1 amide bonds. The Kier molecular flexibility index (Phi) is 8.76. The van der Waals surface area contributed by atoms with Gasteiger partial charge in [-0.1, -0.05) is 0 Å². The van der Waals surface area contributed by atoms with Gasteiger partial charge < -0.3 is 19.5 Å². The van der Waals surface area contributed by atoms with Gasteiger partial charge in [-0.15, -0.1) is 0 Å². The Hall–Kier alpha value is -3.79. The average molecular weight is 517 g/mol. The Labute approximate surface area is 210 Å². The van der Waals surface area contributed by atoms with Crippen molar-refractivity contribution in [3.8, 4) is 17.2 Å². The number of halogens is 1. The summed E-state index contributed by atoms with van der Waals surface area (Å²) in [5, 5.41) is 2.82. The van der Waals surface area contributed by atoms with Crippen molar-refractivity contribution >= 4 is 21.6 Å². The third-order valence-corrected chi connectivity index (χ3v) is 7.19. The minimum atomic E-state index is -4.19. The predicted octanol–water partition coefficient (Wildman–Crippen LogP) is 4.31. The number of benzene rings is 3. The molecular weight excluding hydrogens is 487 g/mol. The molecule has 0 aliphatic rings. The number of carbonyl (C=O) groups excluding carboxylic acids is 1. The molecule has 3 aromatic rings. The van der Waals surface area contributed by atoms with Crippen molar-refractivity contribution in [3.05, 3.63) is 78.1 Å². The zero-order valence-electron chi connectivity index (χ0n) is 20.5. The molecule has 0 bridgehead atoms. The number of ether oxygens (including phenoxy) is 3. The van der Waals surface area contributed by atoms with Gasteiger partial charge in [0.1, 0.15) is 29.6 Å². The van der Waals surface area contributed by atoms with Crippen molar-refractivity contribution in [1.82, 2.24) is 5.32 Å². The predicted molar refractivity (Wildman–Crippen MR) is 135 cm³/mol. The molecule has 36 heavy (non-hydrogen) atoms. The summed E-state index contributed by atoms with van der Waals surface area (Å²) in [5.41, 5.74) is 0.920. The second-order valence-corrected chi connectivity index (χ2v) is 9.65. The van der Waals surface area contributed by atoms with Crippen molar-refractivity contribution in [3.63, 3.8) is 0 Å². The van der Waals surface area contributed by atoms with E-state index in [4.69, 9.17) is 14.2 Å². The maximum absolute atomic E-state index is 13.5. The van der Waals surface area contributed by atoms with E-state index in [9.17, 15) is 17.6 Å². The van der Waals surface area contributed by atoms with Gasteiger partial charge in [-0.3, -0.25) is 9.10 Å². The summed E-state index contributed by atoms with van der Waals surface area (Å²) in [7, 11) is -1.15. The zero-order valence-corrected chi connectivity index (χ0v) is 21.3. The molecule has 0 aliphatic carbocycles. The smallest absolute Gasteiger partial charge is 0.264 e. The van der Waals surface area contributed by atoms with Gasteiger partial charge in [-0.2, -0.15) is 0 Å². The standard InChI is InChI=1S/C26H29FN2O6S/c1-5-35-21-10-8-20(9-11-21)29(36(31,32)23-13-6-19(27)7-14-23)17-26(30)28-18(2)24-16-22(33-3)12-15-25(24)34-4/h6-16,18H,5,17H2,1-4H3,(H,28,30)/t18-/m0/s1. The maximum atomic E-state index is 13.5. The molecule has 10 heteroatoms. The summed E-state index contributed by atoms with van der Waals surface area (Å²) >= 11 is 0. The lowest BCUT2D eigenvalue weighted by Gasteiger charge is -2.25. The number of sulfonamides is 1. The topological polar surface area (TPSA) is 94.2 Å². The van der Waals surface area contributed by atoms with E-state index in [1.165, 1.54) is 14.2 Å². The van der Waals surface area contributed by atoms with Crippen LogP contribution in [0.25, 0.3) is 0 Å². The fraction of sp³-hybridized carbons (Fsp3) is 0.269. The molecule has 0 unspecified atom stereocenters. The highest BCUT2D eigenvalue weighted by molar-refractivity contribution is 7.92. The van der Waals surface area contributed by atoms with E-state index in [-0.39, 0.29) is 10.6 Å². The van der Waals surface area contributed by atoms with Gasteiger partial charge in [0.2, 0.25) is 5.91 Å². The molecule has 8 nitrogen and oxygen atoms in total. The third kappa shape index (κ3) is 6.25. The van der Waals surface area contributed by atoms with Gasteiger partial charge >= 0.3 is 0 Å². The first kappa shape index (κ1) is 26.8. The number of carbonyl (C=O) groups is 1. The Morgan fingerprint density at radius 2 is 1.61 bits per heavy atom. The number of nitrogens with one attached hydrogen (secondary N) is 1. The van der Waals surface area contributed by atoms with Gasteiger partial charge in [0, 0.05) is 5.56 Å². The van der Waals surface area contributed by atoms with Crippen LogP contribution in [0.15, 0.2) is 71.6 Å². The van der Waals surface area contributed by atoms with Gasteiger partial charge in [-0.25, -0.2) is 12.8 Å². The van der Waals surface area contributed by atoms with E-state index < -0.39 is 34.3 Å². The lowest BCUT2D eigenvalue weighted by Crippen LogP contribution is -2.41. The molecule has 0 aromatic heterocycles. The first-order valence-corrected chi connectivity index (χ1v) is 12.7. The van der Waals surface area contributed by atoms with Crippen LogP contribution in [0.4, 0.5) is 10.1 Å². The van der Waals surface area contributed by atoms with Crippen molar-refractivity contribution in [2.45, 2.75) is 24.8 Å². The normalized spacial score (nSPS) is 11.9. The highest BCUT2D eigenvalue weighted by Gasteiger charge is 2.28. The van der Waals surface area contributed by atoms with Crippen LogP contribution in [0.5, 0.6) is 17.2 Å². The molecule has 0 heterocycles. The van der Waals surface area contributed by atoms with Crippen LogP contribution >= 0.6 is 0 Å². The molecule has 0 spiro atoms. The average Bonchev–Trinajstić information content (AvgIpc) is 2.87. The number of anilines is 1. The van der Waals surface area contributed by atoms with Crippen molar-refractivity contribution in [1.29, 1.82) is 0 Å². The summed E-state index contributed by atoms with van der Waals surface area (Å²) in [5.74, 6) is 0.573. The minimum absolute atomic E-state index is 0.145. The highest BCUT2D eigenvalue weighted by atomic mass is 32.2. The van der Waals surface area contributed by atoms with E-state index in [0.717, 1.165) is 28.6 Å². The van der Waals surface area contributed by atoms with Crippen LogP contribution in [0.3, 0.4) is 0 Å². The third-order valence-electron chi connectivity index (χ3n) is 5.41. The largest absolute Gasteiger partial charge is 0.497 e. The molecule has 3 rings (SSSR count). The minimum Gasteiger partial charge on any atom is -0.497 e. The number of rotatable bonds is 11. The van der Waals surface area contributed by atoms with Crippen LogP contribution < -0.4 is 23.8 Å². The second kappa shape index (κ2) is 11.8. The van der Waals surface area contributed by atoms with Gasteiger partial charge in [-0.05, 0) is 80.6 Å². The fourth-order valence-electron chi connectivity index (χ4n) is 3.60. The molecule has 0 aliphatic heterocycles. The number of hydrogen-bond acceptors (Lipinski definition) is 6. The first-order valence-electron chi connectivity index (χ1n) is 11.2. The monoisotopic (exact) mass is 516 g/mol. The van der Waals surface area contributed by atoms with E-state index in [2.05, 4.69) is 5.32 Å². The first-order chi connectivity index (χ1) is 17.2. The van der Waals surface area contributed by atoms with Crippen molar-refractivity contribution in [2.24, 2.45) is 0 Å². The van der Waals surface area contributed by atoms with Gasteiger partial charge in [0.05, 0.1) is 37.5 Å². The maximum Gasteiger partial charge on any atom is 0.264 e. The molecule has 3 aromatic carbocycles. The number of amides is 1.